The molecule has 1 nitrogen and oxygen atoms in total. The first-order valence-corrected chi connectivity index (χ1v) is 8.81. The van der Waals surface area contributed by atoms with Gasteiger partial charge >= 0.3 is 6.18 Å². The summed E-state index contributed by atoms with van der Waals surface area (Å²) < 4.78 is 41.3. The summed E-state index contributed by atoms with van der Waals surface area (Å²) in [7, 11) is 0. The summed E-state index contributed by atoms with van der Waals surface area (Å²) in [6.07, 6.45) is -2.75. The number of aromatic nitrogens is 1. The molecule has 4 aromatic rings. The van der Waals surface area contributed by atoms with Gasteiger partial charge in [-0.1, -0.05) is 66.7 Å². The van der Waals surface area contributed by atoms with E-state index >= 15 is 0 Å². The lowest BCUT2D eigenvalue weighted by Crippen LogP contribution is -2.07. The molecule has 138 valence electrons. The maximum absolute atomic E-state index is 13.8. The second-order valence-electron chi connectivity index (χ2n) is 6.42. The van der Waals surface area contributed by atoms with Crippen molar-refractivity contribution in [3.05, 3.63) is 103 Å². The molecule has 0 radical (unpaired) electrons. The highest BCUT2D eigenvalue weighted by atomic mass is 19.4. The van der Waals surface area contributed by atoms with Gasteiger partial charge in [-0.05, 0) is 46.5 Å². The number of hydrogen-bond donors (Lipinski definition) is 0. The highest BCUT2D eigenvalue weighted by Crippen LogP contribution is 2.39. The highest BCUT2D eigenvalue weighted by Gasteiger charge is 2.34. The van der Waals surface area contributed by atoms with Gasteiger partial charge in [0.15, 0.2) is 0 Å². The Kier molecular flexibility index (Phi) is 4.70. The minimum absolute atomic E-state index is 0.178. The van der Waals surface area contributed by atoms with Crippen molar-refractivity contribution in [2.75, 3.05) is 0 Å². The summed E-state index contributed by atoms with van der Waals surface area (Å²) >= 11 is 0. The minimum atomic E-state index is -4.44. The van der Waals surface area contributed by atoms with Crippen LogP contribution in [0.15, 0.2) is 97.2 Å². The number of halogens is 3. The fraction of sp³-hybridized carbons (Fsp3) is 0.0417. The third-order valence-electron chi connectivity index (χ3n) is 4.57. The van der Waals surface area contributed by atoms with Crippen LogP contribution in [0, 0.1) is 0 Å². The molecule has 1 aromatic heterocycles. The van der Waals surface area contributed by atoms with Crippen molar-refractivity contribution in [1.82, 2.24) is 4.98 Å². The van der Waals surface area contributed by atoms with Crippen LogP contribution in [0.1, 0.15) is 5.56 Å². The number of alkyl halides is 3. The average molecular weight is 375 g/mol. The summed E-state index contributed by atoms with van der Waals surface area (Å²) in [5.41, 5.74) is 2.96. The molecule has 0 aliphatic carbocycles. The molecule has 0 saturated heterocycles. The van der Waals surface area contributed by atoms with Crippen molar-refractivity contribution in [2.24, 2.45) is 0 Å². The van der Waals surface area contributed by atoms with Crippen LogP contribution in [0.2, 0.25) is 0 Å². The topological polar surface area (TPSA) is 12.9 Å². The monoisotopic (exact) mass is 375 g/mol. The second-order valence-corrected chi connectivity index (χ2v) is 6.42. The Hall–Kier alpha value is -3.40. The lowest BCUT2D eigenvalue weighted by atomic mass is 9.94. The van der Waals surface area contributed by atoms with Crippen LogP contribution in [0.4, 0.5) is 13.2 Å². The maximum Gasteiger partial charge on any atom is 0.417 e. The Morgan fingerprint density at radius 3 is 1.96 bits per heavy atom. The molecular formula is C24H16F3N. The van der Waals surface area contributed by atoms with E-state index in [1.54, 1.807) is 48.7 Å². The quantitative estimate of drug-likeness (QED) is 0.372. The Bertz CT molecular complexity index is 1090. The molecule has 4 rings (SSSR count). The van der Waals surface area contributed by atoms with Crippen LogP contribution in [0.25, 0.3) is 33.5 Å². The first-order valence-electron chi connectivity index (χ1n) is 8.81. The first kappa shape index (κ1) is 18.0. The number of hydrogen-bond acceptors (Lipinski definition) is 1. The van der Waals surface area contributed by atoms with E-state index < -0.39 is 11.7 Å². The largest absolute Gasteiger partial charge is 0.417 e. The Morgan fingerprint density at radius 1 is 0.571 bits per heavy atom. The second kappa shape index (κ2) is 7.31. The molecule has 3 aromatic carbocycles. The zero-order valence-corrected chi connectivity index (χ0v) is 14.8. The van der Waals surface area contributed by atoms with Gasteiger partial charge in [-0.25, -0.2) is 0 Å². The van der Waals surface area contributed by atoms with E-state index in [2.05, 4.69) is 4.98 Å². The van der Waals surface area contributed by atoms with Crippen molar-refractivity contribution in [1.29, 1.82) is 0 Å². The molecule has 0 bridgehead atoms. The average Bonchev–Trinajstić information content (AvgIpc) is 2.74. The summed E-state index contributed by atoms with van der Waals surface area (Å²) in [4.78, 5) is 4.31. The molecule has 28 heavy (non-hydrogen) atoms. The van der Waals surface area contributed by atoms with Crippen LogP contribution in [0.3, 0.4) is 0 Å². The molecule has 0 unspecified atom stereocenters. The van der Waals surface area contributed by atoms with Gasteiger partial charge in [-0.2, -0.15) is 13.2 Å². The van der Waals surface area contributed by atoms with Gasteiger partial charge in [-0.3, -0.25) is 4.98 Å². The van der Waals surface area contributed by atoms with Crippen molar-refractivity contribution in [2.45, 2.75) is 6.18 Å². The molecule has 0 atom stereocenters. The fourth-order valence-corrected chi connectivity index (χ4v) is 3.22. The van der Waals surface area contributed by atoms with E-state index in [1.807, 2.05) is 42.5 Å². The van der Waals surface area contributed by atoms with Crippen LogP contribution in [-0.2, 0) is 6.18 Å². The number of rotatable bonds is 3. The van der Waals surface area contributed by atoms with Gasteiger partial charge in [0.05, 0.1) is 11.3 Å². The molecule has 1 heterocycles. The smallest absolute Gasteiger partial charge is 0.256 e. The van der Waals surface area contributed by atoms with E-state index in [0.717, 1.165) is 11.3 Å². The lowest BCUT2D eigenvalue weighted by Gasteiger charge is -2.15. The molecular weight excluding hydrogens is 359 g/mol. The van der Waals surface area contributed by atoms with Gasteiger partial charge in [-0.15, -0.1) is 0 Å². The number of nitrogens with zero attached hydrogens (tertiary/aromatic N) is 1. The van der Waals surface area contributed by atoms with Crippen LogP contribution in [-0.4, -0.2) is 4.98 Å². The van der Waals surface area contributed by atoms with Gasteiger partial charge in [0.2, 0.25) is 0 Å². The number of benzene rings is 3. The van der Waals surface area contributed by atoms with Crippen molar-refractivity contribution in [3.8, 4) is 33.5 Å². The predicted octanol–water partition coefficient (Wildman–Crippen LogP) is 7.10. The predicted molar refractivity (Wildman–Crippen MR) is 106 cm³/mol. The summed E-state index contributed by atoms with van der Waals surface area (Å²) in [5, 5.41) is 0. The third kappa shape index (κ3) is 3.67. The zero-order chi connectivity index (χ0) is 19.6. The maximum atomic E-state index is 13.8. The SMILES string of the molecule is FC(F)(F)c1cc(-c2cccc(-c3ccccn3)c2)ccc1-c1ccccc1. The summed E-state index contributed by atoms with van der Waals surface area (Å²) in [5.74, 6) is 0. The van der Waals surface area contributed by atoms with E-state index in [9.17, 15) is 13.2 Å². The number of pyridine rings is 1. The normalized spacial score (nSPS) is 11.4. The van der Waals surface area contributed by atoms with Gasteiger partial charge < -0.3 is 0 Å². The molecule has 0 aliphatic heterocycles. The van der Waals surface area contributed by atoms with Gasteiger partial charge in [0, 0.05) is 11.8 Å². The highest BCUT2D eigenvalue weighted by molar-refractivity contribution is 5.76. The van der Waals surface area contributed by atoms with E-state index in [-0.39, 0.29) is 5.56 Å². The van der Waals surface area contributed by atoms with E-state index in [1.165, 1.54) is 6.07 Å². The van der Waals surface area contributed by atoms with Crippen molar-refractivity contribution >= 4 is 0 Å². The summed E-state index contributed by atoms with van der Waals surface area (Å²) in [6, 6.07) is 26.1. The molecule has 0 aliphatic rings. The minimum Gasteiger partial charge on any atom is -0.256 e. The zero-order valence-electron chi connectivity index (χ0n) is 14.8. The fourth-order valence-electron chi connectivity index (χ4n) is 3.22. The van der Waals surface area contributed by atoms with Gasteiger partial charge in [0.1, 0.15) is 0 Å². The van der Waals surface area contributed by atoms with E-state index in [0.29, 0.717) is 16.7 Å². The molecule has 0 saturated carbocycles. The Labute approximate surface area is 161 Å². The first-order chi connectivity index (χ1) is 13.5. The molecule has 0 amide bonds. The molecule has 0 fully saturated rings. The molecule has 4 heteroatoms. The molecule has 0 N–H and O–H groups in total. The van der Waals surface area contributed by atoms with Crippen LogP contribution < -0.4 is 0 Å². The standard InChI is InChI=1S/C24H16F3N/c25-24(26,27)22-16-19(12-13-21(22)17-7-2-1-3-8-17)18-9-6-10-20(15-18)23-11-4-5-14-28-23/h1-16H. The third-order valence-corrected chi connectivity index (χ3v) is 4.57. The van der Waals surface area contributed by atoms with Crippen molar-refractivity contribution in [3.63, 3.8) is 0 Å². The van der Waals surface area contributed by atoms with Crippen LogP contribution in [0.5, 0.6) is 0 Å². The van der Waals surface area contributed by atoms with E-state index in [4.69, 9.17) is 0 Å². The summed E-state index contributed by atoms with van der Waals surface area (Å²) in [6.45, 7) is 0. The lowest BCUT2D eigenvalue weighted by molar-refractivity contribution is -0.137. The Balaban J connectivity index is 1.82. The van der Waals surface area contributed by atoms with Crippen LogP contribution >= 0.6 is 0 Å². The Morgan fingerprint density at radius 2 is 1.25 bits per heavy atom. The van der Waals surface area contributed by atoms with Gasteiger partial charge in [0.25, 0.3) is 0 Å². The molecule has 0 spiro atoms. The van der Waals surface area contributed by atoms with Crippen molar-refractivity contribution < 1.29 is 13.2 Å².